The molecule has 1 atom stereocenters. The van der Waals surface area contributed by atoms with Gasteiger partial charge in [0.25, 0.3) is 0 Å². The van der Waals surface area contributed by atoms with Crippen LogP contribution in [0.2, 0.25) is 0 Å². The quantitative estimate of drug-likeness (QED) is 0.754. The molecule has 0 bridgehead atoms. The van der Waals surface area contributed by atoms with E-state index >= 15 is 0 Å². The summed E-state index contributed by atoms with van der Waals surface area (Å²) in [5.74, 6) is -0.989. The van der Waals surface area contributed by atoms with Gasteiger partial charge in [-0.25, -0.2) is 4.79 Å². The number of hydrogen-bond donors (Lipinski definition) is 0. The van der Waals surface area contributed by atoms with Gasteiger partial charge in [0.15, 0.2) is 0 Å². The highest BCUT2D eigenvalue weighted by Crippen LogP contribution is 2.22. The molecule has 5 nitrogen and oxygen atoms in total. The lowest BCUT2D eigenvalue weighted by molar-refractivity contribution is -0.176. The Morgan fingerprint density at radius 2 is 2.05 bits per heavy atom. The molecule has 0 amide bonds. The van der Waals surface area contributed by atoms with Crippen molar-refractivity contribution in [3.63, 3.8) is 0 Å². The van der Waals surface area contributed by atoms with Gasteiger partial charge in [-0.15, -0.1) is 0 Å². The number of hydrogen-bond acceptors (Lipinski definition) is 5. The average molecular weight is 293 g/mol. The van der Waals surface area contributed by atoms with E-state index in [-0.39, 0.29) is 6.42 Å². The van der Waals surface area contributed by atoms with Gasteiger partial charge < -0.3 is 9.47 Å². The number of carbonyl (C=O) groups excluding carboxylic acids is 2. The third kappa shape index (κ3) is 6.38. The zero-order chi connectivity index (χ0) is 15.9. The lowest BCUT2D eigenvalue weighted by atomic mass is 10.1. The molecule has 1 unspecified atom stereocenters. The Labute approximate surface area is 125 Å². The third-order valence-electron chi connectivity index (χ3n) is 2.59. The molecule has 0 aliphatic rings. The fourth-order valence-corrected chi connectivity index (χ4v) is 1.65. The first-order chi connectivity index (χ1) is 9.83. The van der Waals surface area contributed by atoms with Crippen LogP contribution in [0, 0.1) is 0 Å². The molecule has 0 aliphatic heterocycles. The van der Waals surface area contributed by atoms with Gasteiger partial charge in [0.1, 0.15) is 5.60 Å². The van der Waals surface area contributed by atoms with Crippen LogP contribution >= 0.6 is 0 Å². The summed E-state index contributed by atoms with van der Waals surface area (Å²) in [6, 6.07) is 3.38. The lowest BCUT2D eigenvalue weighted by Gasteiger charge is -2.24. The topological polar surface area (TPSA) is 65.5 Å². The molecule has 21 heavy (non-hydrogen) atoms. The monoisotopic (exact) mass is 293 g/mol. The van der Waals surface area contributed by atoms with Crippen molar-refractivity contribution in [3.8, 4) is 0 Å². The maximum atomic E-state index is 12.2. The summed E-state index contributed by atoms with van der Waals surface area (Å²) in [6.07, 6.45) is 3.93. The van der Waals surface area contributed by atoms with Crippen molar-refractivity contribution in [3.05, 3.63) is 30.1 Å². The van der Waals surface area contributed by atoms with Crippen LogP contribution in [-0.4, -0.2) is 22.5 Å². The Balaban J connectivity index is 2.85. The highest BCUT2D eigenvalue weighted by molar-refractivity contribution is 5.81. The molecule has 0 saturated carbocycles. The summed E-state index contributed by atoms with van der Waals surface area (Å²) in [5, 5.41) is 0. The number of unbranched alkanes of at least 4 members (excludes halogenated alkanes) is 1. The van der Waals surface area contributed by atoms with Crippen molar-refractivity contribution in [1.82, 2.24) is 4.98 Å². The molecule has 0 radical (unpaired) electrons. The minimum Gasteiger partial charge on any atom is -0.457 e. The SMILES string of the molecule is CCCCC(=O)OC(C(=O)OC(C)(C)C)c1cccnc1. The van der Waals surface area contributed by atoms with Gasteiger partial charge in [-0.3, -0.25) is 9.78 Å². The van der Waals surface area contributed by atoms with E-state index in [0.29, 0.717) is 5.56 Å². The Kier molecular flexibility index (Phi) is 6.34. The zero-order valence-electron chi connectivity index (χ0n) is 13.1. The largest absolute Gasteiger partial charge is 0.457 e. The number of aromatic nitrogens is 1. The molecular formula is C16H23NO4. The van der Waals surface area contributed by atoms with E-state index in [1.807, 2.05) is 6.92 Å². The van der Waals surface area contributed by atoms with E-state index in [0.717, 1.165) is 12.8 Å². The van der Waals surface area contributed by atoms with E-state index in [4.69, 9.17) is 9.47 Å². The summed E-state index contributed by atoms with van der Waals surface area (Å²) in [7, 11) is 0. The van der Waals surface area contributed by atoms with Crippen molar-refractivity contribution in [2.24, 2.45) is 0 Å². The average Bonchev–Trinajstić information content (AvgIpc) is 2.41. The zero-order valence-corrected chi connectivity index (χ0v) is 13.1. The van der Waals surface area contributed by atoms with Crippen molar-refractivity contribution >= 4 is 11.9 Å². The molecule has 116 valence electrons. The Morgan fingerprint density at radius 1 is 1.33 bits per heavy atom. The molecule has 1 rings (SSSR count). The fraction of sp³-hybridized carbons (Fsp3) is 0.562. The molecule has 0 N–H and O–H groups in total. The molecule has 0 aromatic carbocycles. The van der Waals surface area contributed by atoms with Crippen molar-refractivity contribution in [2.75, 3.05) is 0 Å². The molecule has 0 aliphatic carbocycles. The summed E-state index contributed by atoms with van der Waals surface area (Å²) in [6.45, 7) is 7.29. The number of pyridine rings is 1. The Morgan fingerprint density at radius 3 is 2.57 bits per heavy atom. The van der Waals surface area contributed by atoms with Crippen molar-refractivity contribution < 1.29 is 19.1 Å². The van der Waals surface area contributed by atoms with E-state index in [2.05, 4.69) is 4.98 Å². The van der Waals surface area contributed by atoms with E-state index in [1.54, 1.807) is 39.1 Å². The number of ether oxygens (including phenoxy) is 2. The van der Waals surface area contributed by atoms with Crippen LogP contribution in [0.3, 0.4) is 0 Å². The van der Waals surface area contributed by atoms with E-state index < -0.39 is 23.6 Å². The van der Waals surface area contributed by atoms with E-state index in [9.17, 15) is 9.59 Å². The predicted molar refractivity (Wildman–Crippen MR) is 78.4 cm³/mol. The molecule has 1 aromatic rings. The van der Waals surface area contributed by atoms with Crippen molar-refractivity contribution in [2.45, 2.75) is 58.7 Å². The van der Waals surface area contributed by atoms with Gasteiger partial charge in [-0.2, -0.15) is 0 Å². The Bertz CT molecular complexity index is 465. The first-order valence-electron chi connectivity index (χ1n) is 7.15. The number of carbonyl (C=O) groups is 2. The second-order valence-electron chi connectivity index (χ2n) is 5.79. The van der Waals surface area contributed by atoms with Gasteiger partial charge in [0.05, 0.1) is 0 Å². The summed E-state index contributed by atoms with van der Waals surface area (Å²) < 4.78 is 10.6. The summed E-state index contributed by atoms with van der Waals surface area (Å²) >= 11 is 0. The van der Waals surface area contributed by atoms with Crippen LogP contribution in [0.5, 0.6) is 0 Å². The molecule has 0 spiro atoms. The van der Waals surface area contributed by atoms with Crippen LogP contribution in [0.4, 0.5) is 0 Å². The van der Waals surface area contributed by atoms with Crippen molar-refractivity contribution in [1.29, 1.82) is 0 Å². The second-order valence-corrected chi connectivity index (χ2v) is 5.79. The normalized spacial score (nSPS) is 12.6. The fourth-order valence-electron chi connectivity index (χ4n) is 1.65. The molecule has 1 aromatic heterocycles. The van der Waals surface area contributed by atoms with E-state index in [1.165, 1.54) is 6.20 Å². The standard InChI is InChI=1S/C16H23NO4/c1-5-6-9-13(18)20-14(12-8-7-10-17-11-12)15(19)21-16(2,3)4/h7-8,10-11,14H,5-6,9H2,1-4H3. The molecular weight excluding hydrogens is 270 g/mol. The maximum absolute atomic E-state index is 12.2. The van der Waals surface area contributed by atoms with Gasteiger partial charge in [-0.1, -0.05) is 19.4 Å². The van der Waals surface area contributed by atoms with Gasteiger partial charge in [0, 0.05) is 24.4 Å². The number of nitrogens with zero attached hydrogens (tertiary/aromatic N) is 1. The van der Waals surface area contributed by atoms with Crippen LogP contribution in [-0.2, 0) is 19.1 Å². The lowest BCUT2D eigenvalue weighted by Crippen LogP contribution is -2.30. The first kappa shape index (κ1) is 17.1. The minimum atomic E-state index is -1.07. The first-order valence-corrected chi connectivity index (χ1v) is 7.15. The van der Waals surface area contributed by atoms with Crippen LogP contribution < -0.4 is 0 Å². The molecule has 1 heterocycles. The van der Waals surface area contributed by atoms with Gasteiger partial charge in [0.2, 0.25) is 6.10 Å². The Hall–Kier alpha value is -1.91. The second kappa shape index (κ2) is 7.76. The number of esters is 2. The molecule has 5 heteroatoms. The van der Waals surface area contributed by atoms with Gasteiger partial charge in [-0.05, 0) is 33.3 Å². The summed E-state index contributed by atoms with van der Waals surface area (Å²) in [5.41, 5.74) is -0.135. The van der Waals surface area contributed by atoms with Crippen LogP contribution in [0.15, 0.2) is 24.5 Å². The third-order valence-corrected chi connectivity index (χ3v) is 2.59. The molecule has 0 fully saturated rings. The predicted octanol–water partition coefficient (Wildman–Crippen LogP) is 3.20. The van der Waals surface area contributed by atoms with Crippen LogP contribution in [0.1, 0.15) is 58.6 Å². The number of rotatable bonds is 6. The smallest absolute Gasteiger partial charge is 0.352 e. The highest BCUT2D eigenvalue weighted by atomic mass is 16.6. The molecule has 0 saturated heterocycles. The summed E-state index contributed by atoms with van der Waals surface area (Å²) in [4.78, 5) is 28.0. The van der Waals surface area contributed by atoms with Crippen LogP contribution in [0.25, 0.3) is 0 Å². The van der Waals surface area contributed by atoms with Gasteiger partial charge >= 0.3 is 11.9 Å². The minimum absolute atomic E-state index is 0.288. The maximum Gasteiger partial charge on any atom is 0.352 e. The highest BCUT2D eigenvalue weighted by Gasteiger charge is 2.30.